The molecule has 2 N–H and O–H groups in total. The molecule has 1 aliphatic rings. The van der Waals surface area contributed by atoms with Gasteiger partial charge < -0.3 is 15.3 Å². The number of aromatic nitrogens is 2. The number of aliphatic hydroxyl groups is 1. The largest absolute Gasteiger partial charge is 0.416 e. The van der Waals surface area contributed by atoms with Crippen LogP contribution in [0.3, 0.4) is 0 Å². The number of carbonyl (C=O) groups is 1. The standard InChI is InChI=1S/C19H23F3N4O2/c1-25(2)11-15(12-5-3-6-13(9-12)19(20,21)22)23-18(28)14-10-16-17(27)7-4-8-26(16)24-14/h3,5-6,9-10,15,17,27H,4,7-8,11H2,1-2H3,(H,23,28). The number of amides is 1. The zero-order valence-corrected chi connectivity index (χ0v) is 15.7. The van der Waals surface area contributed by atoms with Crippen LogP contribution in [0.2, 0.25) is 0 Å². The van der Waals surface area contributed by atoms with E-state index in [9.17, 15) is 23.1 Å². The van der Waals surface area contributed by atoms with E-state index in [4.69, 9.17) is 0 Å². The Morgan fingerprint density at radius 3 is 2.79 bits per heavy atom. The molecular weight excluding hydrogens is 373 g/mol. The van der Waals surface area contributed by atoms with E-state index in [0.29, 0.717) is 30.8 Å². The summed E-state index contributed by atoms with van der Waals surface area (Å²) in [7, 11) is 3.55. The number of nitrogens with one attached hydrogen (secondary N) is 1. The zero-order chi connectivity index (χ0) is 20.5. The first-order valence-corrected chi connectivity index (χ1v) is 9.03. The molecule has 2 unspecified atom stereocenters. The summed E-state index contributed by atoms with van der Waals surface area (Å²) in [5.41, 5.74) is 0.329. The normalized spacial score (nSPS) is 18.0. The van der Waals surface area contributed by atoms with Crippen LogP contribution in [0.5, 0.6) is 0 Å². The van der Waals surface area contributed by atoms with Crippen molar-refractivity contribution in [2.45, 2.75) is 37.7 Å². The number of nitrogens with zero attached hydrogens (tertiary/aromatic N) is 3. The number of rotatable bonds is 5. The minimum Gasteiger partial charge on any atom is -0.387 e. The minimum atomic E-state index is -4.46. The highest BCUT2D eigenvalue weighted by atomic mass is 19.4. The summed E-state index contributed by atoms with van der Waals surface area (Å²) in [5.74, 6) is -0.488. The van der Waals surface area contributed by atoms with Gasteiger partial charge in [-0.05, 0) is 50.7 Å². The van der Waals surface area contributed by atoms with Gasteiger partial charge in [-0.1, -0.05) is 12.1 Å². The molecule has 3 rings (SSSR count). The fraction of sp³-hybridized carbons (Fsp3) is 0.474. The fourth-order valence-electron chi connectivity index (χ4n) is 3.34. The molecule has 0 fully saturated rings. The molecule has 1 aromatic carbocycles. The smallest absolute Gasteiger partial charge is 0.387 e. The molecule has 2 atom stereocenters. The highest BCUT2D eigenvalue weighted by molar-refractivity contribution is 5.92. The second-order valence-corrected chi connectivity index (χ2v) is 7.25. The summed E-state index contributed by atoms with van der Waals surface area (Å²) in [5, 5.41) is 17.0. The van der Waals surface area contributed by atoms with E-state index in [2.05, 4.69) is 10.4 Å². The fourth-order valence-corrected chi connectivity index (χ4v) is 3.34. The summed E-state index contributed by atoms with van der Waals surface area (Å²) in [4.78, 5) is 14.5. The maximum Gasteiger partial charge on any atom is 0.416 e. The summed E-state index contributed by atoms with van der Waals surface area (Å²) in [6.45, 7) is 0.942. The van der Waals surface area contributed by atoms with Crippen LogP contribution >= 0.6 is 0 Å². The molecular formula is C19H23F3N4O2. The van der Waals surface area contributed by atoms with Crippen LogP contribution in [0.15, 0.2) is 30.3 Å². The van der Waals surface area contributed by atoms with Gasteiger partial charge in [-0.15, -0.1) is 0 Å². The molecule has 1 aliphatic heterocycles. The SMILES string of the molecule is CN(C)CC(NC(=O)c1cc2n(n1)CCCC2O)c1cccc(C(F)(F)F)c1. The van der Waals surface area contributed by atoms with Gasteiger partial charge in [0.2, 0.25) is 0 Å². The van der Waals surface area contributed by atoms with Crippen molar-refractivity contribution in [1.82, 2.24) is 20.0 Å². The predicted molar refractivity (Wildman–Crippen MR) is 96.6 cm³/mol. The van der Waals surface area contributed by atoms with Gasteiger partial charge in [-0.3, -0.25) is 9.48 Å². The number of fused-ring (bicyclic) bond motifs is 1. The van der Waals surface area contributed by atoms with Crippen LogP contribution in [0.25, 0.3) is 0 Å². The highest BCUT2D eigenvalue weighted by Crippen LogP contribution is 2.31. The molecule has 0 aliphatic carbocycles. The molecule has 6 nitrogen and oxygen atoms in total. The molecule has 1 amide bonds. The number of aryl methyl sites for hydroxylation is 1. The van der Waals surface area contributed by atoms with Crippen molar-refractivity contribution in [1.29, 1.82) is 0 Å². The first-order chi connectivity index (χ1) is 13.1. The first-order valence-electron chi connectivity index (χ1n) is 9.03. The average molecular weight is 396 g/mol. The predicted octanol–water partition coefficient (Wildman–Crippen LogP) is 2.76. The van der Waals surface area contributed by atoms with Gasteiger partial charge in [-0.25, -0.2) is 0 Å². The second-order valence-electron chi connectivity index (χ2n) is 7.25. The van der Waals surface area contributed by atoms with E-state index in [0.717, 1.165) is 18.6 Å². The molecule has 0 saturated heterocycles. The molecule has 0 saturated carbocycles. The van der Waals surface area contributed by atoms with E-state index in [1.807, 2.05) is 0 Å². The maximum atomic E-state index is 13.1. The number of alkyl halides is 3. The summed E-state index contributed by atoms with van der Waals surface area (Å²) in [6.07, 6.45) is -3.74. The summed E-state index contributed by atoms with van der Waals surface area (Å²) < 4.78 is 40.8. The van der Waals surface area contributed by atoms with Crippen LogP contribution in [-0.4, -0.2) is 46.3 Å². The number of benzene rings is 1. The average Bonchev–Trinajstić information content (AvgIpc) is 3.06. The van der Waals surface area contributed by atoms with Crippen molar-refractivity contribution in [3.05, 3.63) is 52.8 Å². The van der Waals surface area contributed by atoms with Gasteiger partial charge in [0.1, 0.15) is 0 Å². The van der Waals surface area contributed by atoms with E-state index in [-0.39, 0.29) is 5.69 Å². The Labute approximate surface area is 161 Å². The Hall–Kier alpha value is -2.39. The van der Waals surface area contributed by atoms with Crippen LogP contribution in [-0.2, 0) is 12.7 Å². The number of likely N-dealkylation sites (N-methyl/N-ethyl adjacent to an activating group) is 1. The highest BCUT2D eigenvalue weighted by Gasteiger charge is 2.31. The lowest BCUT2D eigenvalue weighted by molar-refractivity contribution is -0.137. The van der Waals surface area contributed by atoms with Crippen LogP contribution < -0.4 is 5.32 Å². The third-order valence-corrected chi connectivity index (χ3v) is 4.70. The Balaban J connectivity index is 1.84. The molecule has 2 heterocycles. The van der Waals surface area contributed by atoms with Crippen LogP contribution in [0.4, 0.5) is 13.2 Å². The molecule has 1 aromatic heterocycles. The molecule has 28 heavy (non-hydrogen) atoms. The molecule has 152 valence electrons. The van der Waals surface area contributed by atoms with E-state index in [1.54, 1.807) is 29.7 Å². The van der Waals surface area contributed by atoms with Gasteiger partial charge >= 0.3 is 6.18 Å². The van der Waals surface area contributed by atoms with Crippen LogP contribution in [0.1, 0.15) is 52.3 Å². The number of hydrogen-bond acceptors (Lipinski definition) is 4. The molecule has 0 spiro atoms. The Morgan fingerprint density at radius 2 is 2.14 bits per heavy atom. The van der Waals surface area contributed by atoms with Gasteiger partial charge in [0.15, 0.2) is 5.69 Å². The minimum absolute atomic E-state index is 0.145. The van der Waals surface area contributed by atoms with Crippen molar-refractivity contribution in [2.75, 3.05) is 20.6 Å². The summed E-state index contributed by atoms with van der Waals surface area (Å²) in [6, 6.07) is 5.84. The first kappa shape index (κ1) is 20.3. The van der Waals surface area contributed by atoms with Crippen molar-refractivity contribution >= 4 is 5.91 Å². The van der Waals surface area contributed by atoms with Crippen molar-refractivity contribution in [3.8, 4) is 0 Å². The van der Waals surface area contributed by atoms with E-state index >= 15 is 0 Å². The lowest BCUT2D eigenvalue weighted by Crippen LogP contribution is -2.35. The second kappa shape index (κ2) is 7.92. The van der Waals surface area contributed by atoms with Gasteiger partial charge in [0.05, 0.1) is 23.4 Å². The Morgan fingerprint density at radius 1 is 1.39 bits per heavy atom. The van der Waals surface area contributed by atoms with Crippen LogP contribution in [0, 0.1) is 0 Å². The van der Waals surface area contributed by atoms with Crippen molar-refractivity contribution in [2.24, 2.45) is 0 Å². The summed E-state index contributed by atoms with van der Waals surface area (Å²) >= 11 is 0. The Kier molecular flexibility index (Phi) is 5.76. The molecule has 9 heteroatoms. The van der Waals surface area contributed by atoms with Gasteiger partial charge in [-0.2, -0.15) is 18.3 Å². The number of halogens is 3. The third kappa shape index (κ3) is 4.53. The number of carbonyl (C=O) groups excluding carboxylic acids is 1. The Bertz CT molecular complexity index is 848. The lowest BCUT2D eigenvalue weighted by atomic mass is 10.0. The van der Waals surface area contributed by atoms with E-state index < -0.39 is 29.8 Å². The number of aliphatic hydroxyl groups excluding tert-OH is 1. The molecule has 0 bridgehead atoms. The lowest BCUT2D eigenvalue weighted by Gasteiger charge is -2.23. The van der Waals surface area contributed by atoms with Crippen molar-refractivity contribution in [3.63, 3.8) is 0 Å². The van der Waals surface area contributed by atoms with E-state index in [1.165, 1.54) is 12.1 Å². The third-order valence-electron chi connectivity index (χ3n) is 4.70. The maximum absolute atomic E-state index is 13.1. The topological polar surface area (TPSA) is 70.4 Å². The van der Waals surface area contributed by atoms with Gasteiger partial charge in [0.25, 0.3) is 5.91 Å². The van der Waals surface area contributed by atoms with Crippen molar-refractivity contribution < 1.29 is 23.1 Å². The monoisotopic (exact) mass is 396 g/mol. The number of hydrogen-bond donors (Lipinski definition) is 2. The quantitative estimate of drug-likeness (QED) is 0.816. The molecule has 2 aromatic rings. The zero-order valence-electron chi connectivity index (χ0n) is 15.7. The molecule has 0 radical (unpaired) electrons. The van der Waals surface area contributed by atoms with Gasteiger partial charge in [0, 0.05) is 13.1 Å².